The summed E-state index contributed by atoms with van der Waals surface area (Å²) < 4.78 is 11.1. The van der Waals surface area contributed by atoms with Gasteiger partial charge >= 0.3 is 0 Å². The molecule has 2 unspecified atom stereocenters. The smallest absolute Gasteiger partial charge is 0.137 e. The van der Waals surface area contributed by atoms with Crippen LogP contribution in [0.5, 0.6) is 0 Å². The SMILES string of the molecule is COC(C)CCC(N)c1cc2cccc(C)c2o1. The maximum absolute atomic E-state index is 6.16. The zero-order valence-corrected chi connectivity index (χ0v) is 11.3. The summed E-state index contributed by atoms with van der Waals surface area (Å²) in [5, 5.41) is 1.13. The molecule has 0 saturated carbocycles. The number of hydrogen-bond acceptors (Lipinski definition) is 3. The quantitative estimate of drug-likeness (QED) is 0.878. The first-order valence-electron chi connectivity index (χ1n) is 6.39. The number of fused-ring (bicyclic) bond motifs is 1. The molecule has 0 aliphatic carbocycles. The van der Waals surface area contributed by atoms with Gasteiger partial charge in [0.1, 0.15) is 11.3 Å². The summed E-state index contributed by atoms with van der Waals surface area (Å²) in [6.45, 7) is 4.10. The Morgan fingerprint density at radius 1 is 1.33 bits per heavy atom. The molecule has 2 aromatic rings. The molecule has 1 heterocycles. The van der Waals surface area contributed by atoms with E-state index >= 15 is 0 Å². The standard InChI is InChI=1S/C15H21NO2/c1-10-5-4-6-12-9-14(18-15(10)12)13(16)8-7-11(2)17-3/h4-6,9,11,13H,7-8,16H2,1-3H3. The molecular formula is C15H21NO2. The van der Waals surface area contributed by atoms with Crippen molar-refractivity contribution in [2.75, 3.05) is 7.11 Å². The second-order valence-electron chi connectivity index (χ2n) is 4.87. The van der Waals surface area contributed by atoms with Gasteiger partial charge < -0.3 is 14.9 Å². The predicted molar refractivity (Wildman–Crippen MR) is 73.6 cm³/mol. The summed E-state index contributed by atoms with van der Waals surface area (Å²) in [7, 11) is 1.72. The summed E-state index contributed by atoms with van der Waals surface area (Å²) in [4.78, 5) is 0. The summed E-state index contributed by atoms with van der Waals surface area (Å²) in [6, 6.07) is 8.13. The first kappa shape index (κ1) is 13.1. The Bertz CT molecular complexity index is 518. The molecule has 0 saturated heterocycles. The van der Waals surface area contributed by atoms with Gasteiger partial charge in [0, 0.05) is 12.5 Å². The van der Waals surface area contributed by atoms with Crippen molar-refractivity contribution >= 4 is 11.0 Å². The zero-order chi connectivity index (χ0) is 13.1. The number of methoxy groups -OCH3 is 1. The van der Waals surface area contributed by atoms with Crippen LogP contribution >= 0.6 is 0 Å². The highest BCUT2D eigenvalue weighted by Gasteiger charge is 2.14. The Kier molecular flexibility index (Phi) is 4.04. The molecule has 1 aromatic heterocycles. The molecule has 18 heavy (non-hydrogen) atoms. The van der Waals surface area contributed by atoms with Crippen molar-refractivity contribution in [1.82, 2.24) is 0 Å². The van der Waals surface area contributed by atoms with Crippen molar-refractivity contribution in [2.45, 2.75) is 38.8 Å². The van der Waals surface area contributed by atoms with E-state index in [4.69, 9.17) is 14.9 Å². The van der Waals surface area contributed by atoms with Gasteiger partial charge in [-0.1, -0.05) is 18.2 Å². The highest BCUT2D eigenvalue weighted by Crippen LogP contribution is 2.27. The second kappa shape index (κ2) is 5.55. The van der Waals surface area contributed by atoms with Crippen LogP contribution in [0.1, 0.15) is 37.1 Å². The van der Waals surface area contributed by atoms with Gasteiger partial charge in [-0.25, -0.2) is 0 Å². The first-order chi connectivity index (χ1) is 8.61. The summed E-state index contributed by atoms with van der Waals surface area (Å²) in [5.41, 5.74) is 8.26. The van der Waals surface area contributed by atoms with Crippen LogP contribution in [0.15, 0.2) is 28.7 Å². The Morgan fingerprint density at radius 2 is 2.11 bits per heavy atom. The number of ether oxygens (including phenoxy) is 1. The van der Waals surface area contributed by atoms with Crippen LogP contribution in [-0.2, 0) is 4.74 Å². The van der Waals surface area contributed by atoms with E-state index in [1.807, 2.05) is 25.1 Å². The van der Waals surface area contributed by atoms with Crippen LogP contribution in [0.2, 0.25) is 0 Å². The van der Waals surface area contributed by atoms with Gasteiger partial charge in [-0.3, -0.25) is 0 Å². The number of benzene rings is 1. The summed E-state index contributed by atoms with van der Waals surface area (Å²) in [6.07, 6.45) is 2.05. The summed E-state index contributed by atoms with van der Waals surface area (Å²) in [5.74, 6) is 0.864. The van der Waals surface area contributed by atoms with E-state index < -0.39 is 0 Å². The highest BCUT2D eigenvalue weighted by molar-refractivity contribution is 5.80. The molecule has 2 N–H and O–H groups in total. The maximum atomic E-state index is 6.16. The van der Waals surface area contributed by atoms with Crippen LogP contribution in [0, 0.1) is 6.92 Å². The van der Waals surface area contributed by atoms with Crippen molar-refractivity contribution < 1.29 is 9.15 Å². The molecule has 0 radical (unpaired) electrons. The van der Waals surface area contributed by atoms with Crippen molar-refractivity contribution in [3.63, 3.8) is 0 Å². The molecule has 2 rings (SSSR count). The van der Waals surface area contributed by atoms with Gasteiger partial charge in [0.05, 0.1) is 12.1 Å². The number of rotatable bonds is 5. The molecule has 3 heteroatoms. The maximum Gasteiger partial charge on any atom is 0.137 e. The largest absolute Gasteiger partial charge is 0.459 e. The van der Waals surface area contributed by atoms with Crippen LogP contribution in [-0.4, -0.2) is 13.2 Å². The lowest BCUT2D eigenvalue weighted by molar-refractivity contribution is 0.106. The predicted octanol–water partition coefficient (Wildman–Crippen LogP) is 3.56. The molecule has 0 aliphatic heterocycles. The van der Waals surface area contributed by atoms with E-state index in [9.17, 15) is 0 Å². The fraction of sp³-hybridized carbons (Fsp3) is 0.467. The Hall–Kier alpha value is -1.32. The molecule has 0 fully saturated rings. The lowest BCUT2D eigenvalue weighted by Gasteiger charge is -2.12. The molecule has 98 valence electrons. The third-order valence-corrected chi connectivity index (χ3v) is 3.41. The van der Waals surface area contributed by atoms with Crippen LogP contribution in [0.4, 0.5) is 0 Å². The van der Waals surface area contributed by atoms with Crippen molar-refractivity contribution in [3.05, 3.63) is 35.6 Å². The molecule has 1 aromatic carbocycles. The average Bonchev–Trinajstić information content (AvgIpc) is 2.81. The van der Waals surface area contributed by atoms with Gasteiger partial charge in [-0.2, -0.15) is 0 Å². The Balaban J connectivity index is 2.13. The van der Waals surface area contributed by atoms with Gasteiger partial charge in [0.2, 0.25) is 0 Å². The van der Waals surface area contributed by atoms with Crippen LogP contribution < -0.4 is 5.73 Å². The average molecular weight is 247 g/mol. The van der Waals surface area contributed by atoms with E-state index in [1.165, 1.54) is 0 Å². The van der Waals surface area contributed by atoms with Gasteiger partial charge in [0.25, 0.3) is 0 Å². The lowest BCUT2D eigenvalue weighted by Crippen LogP contribution is -2.13. The molecule has 0 aliphatic rings. The van der Waals surface area contributed by atoms with Crippen molar-refractivity contribution in [2.24, 2.45) is 5.73 Å². The number of nitrogens with two attached hydrogens (primary N) is 1. The van der Waals surface area contributed by atoms with Gasteiger partial charge in [-0.05, 0) is 38.3 Å². The Morgan fingerprint density at radius 3 is 2.78 bits per heavy atom. The fourth-order valence-corrected chi connectivity index (χ4v) is 2.09. The van der Waals surface area contributed by atoms with E-state index in [2.05, 4.69) is 13.0 Å². The van der Waals surface area contributed by atoms with E-state index in [-0.39, 0.29) is 12.1 Å². The third-order valence-electron chi connectivity index (χ3n) is 3.41. The Labute approximate surface area is 108 Å². The highest BCUT2D eigenvalue weighted by atomic mass is 16.5. The van der Waals surface area contributed by atoms with E-state index in [0.717, 1.165) is 35.1 Å². The van der Waals surface area contributed by atoms with Gasteiger partial charge in [0.15, 0.2) is 0 Å². The molecular weight excluding hydrogens is 226 g/mol. The molecule has 0 amide bonds. The van der Waals surface area contributed by atoms with E-state index in [1.54, 1.807) is 7.11 Å². The number of aryl methyl sites for hydroxylation is 1. The molecule has 2 atom stereocenters. The molecule has 3 nitrogen and oxygen atoms in total. The normalized spacial score (nSPS) is 14.9. The lowest BCUT2D eigenvalue weighted by atomic mass is 10.1. The van der Waals surface area contributed by atoms with Crippen molar-refractivity contribution in [1.29, 1.82) is 0 Å². The zero-order valence-electron chi connectivity index (χ0n) is 11.3. The monoisotopic (exact) mass is 247 g/mol. The minimum absolute atomic E-state index is 0.0607. The first-order valence-corrected chi connectivity index (χ1v) is 6.39. The number of para-hydroxylation sites is 1. The topological polar surface area (TPSA) is 48.4 Å². The second-order valence-corrected chi connectivity index (χ2v) is 4.87. The van der Waals surface area contributed by atoms with Crippen molar-refractivity contribution in [3.8, 4) is 0 Å². The van der Waals surface area contributed by atoms with Gasteiger partial charge in [-0.15, -0.1) is 0 Å². The number of hydrogen-bond donors (Lipinski definition) is 1. The molecule has 0 bridgehead atoms. The van der Waals surface area contributed by atoms with Crippen LogP contribution in [0.25, 0.3) is 11.0 Å². The molecule has 0 spiro atoms. The van der Waals surface area contributed by atoms with E-state index in [0.29, 0.717) is 0 Å². The minimum Gasteiger partial charge on any atom is -0.459 e. The summed E-state index contributed by atoms with van der Waals surface area (Å²) >= 11 is 0. The number of furan rings is 1. The fourth-order valence-electron chi connectivity index (χ4n) is 2.09. The minimum atomic E-state index is -0.0607. The third kappa shape index (κ3) is 2.74. The van der Waals surface area contributed by atoms with Crippen LogP contribution in [0.3, 0.4) is 0 Å².